The van der Waals surface area contributed by atoms with E-state index in [1.807, 2.05) is 5.01 Å². The third-order valence-electron chi connectivity index (χ3n) is 2.61. The fraction of sp³-hybridized carbons (Fsp3) is 0.533. The molecule has 0 fully saturated rings. The number of urea groups is 1. The van der Waals surface area contributed by atoms with E-state index >= 15 is 0 Å². The Morgan fingerprint density at radius 1 is 1.10 bits per heavy atom. The predicted molar refractivity (Wildman–Crippen MR) is 89.9 cm³/mol. The number of benzene rings is 1. The number of hydrazine groups is 1. The van der Waals surface area contributed by atoms with Crippen molar-refractivity contribution in [1.29, 1.82) is 0 Å². The Morgan fingerprint density at radius 3 is 2.14 bits per heavy atom. The van der Waals surface area contributed by atoms with Gasteiger partial charge in [0.25, 0.3) is 0 Å². The first-order valence-electron chi connectivity index (χ1n) is 7.05. The van der Waals surface area contributed by atoms with Crippen LogP contribution in [0.5, 0.6) is 0 Å². The van der Waals surface area contributed by atoms with Crippen LogP contribution in [-0.2, 0) is 0 Å². The molecule has 0 atom stereocenters. The number of halogens is 2. The van der Waals surface area contributed by atoms with Gasteiger partial charge in [-0.2, -0.15) is 0 Å². The molecule has 0 bridgehead atoms. The second-order valence-corrected chi connectivity index (χ2v) is 6.70. The van der Waals surface area contributed by atoms with Crippen LogP contribution in [0.3, 0.4) is 0 Å². The van der Waals surface area contributed by atoms with Crippen molar-refractivity contribution in [2.75, 3.05) is 18.4 Å². The average molecular weight is 332 g/mol. The molecule has 2 N–H and O–H groups in total. The van der Waals surface area contributed by atoms with E-state index in [1.54, 1.807) is 18.2 Å². The topological polar surface area (TPSA) is 44.4 Å². The number of amides is 2. The monoisotopic (exact) mass is 331 g/mol. The van der Waals surface area contributed by atoms with E-state index in [2.05, 4.69) is 38.4 Å². The highest BCUT2D eigenvalue weighted by Gasteiger charge is 2.13. The standard InChI is InChI=1S/C15H23Cl2N3O/c1-10(2)8-20(9-11(3)4)19-15(21)18-12-5-6-13(16)14(17)7-12/h5-7,10-11H,8-9H2,1-4H3,(H2,18,19,21). The molecule has 0 aliphatic heterocycles. The number of carbonyl (C=O) groups is 1. The largest absolute Gasteiger partial charge is 0.333 e. The van der Waals surface area contributed by atoms with E-state index in [-0.39, 0.29) is 6.03 Å². The van der Waals surface area contributed by atoms with Crippen LogP contribution >= 0.6 is 23.2 Å². The summed E-state index contributed by atoms with van der Waals surface area (Å²) >= 11 is 11.8. The molecule has 0 radical (unpaired) electrons. The number of nitrogens with zero attached hydrogens (tertiary/aromatic N) is 1. The van der Waals surface area contributed by atoms with Gasteiger partial charge in [-0.05, 0) is 30.0 Å². The van der Waals surface area contributed by atoms with Crippen LogP contribution in [0.2, 0.25) is 10.0 Å². The maximum atomic E-state index is 12.0. The van der Waals surface area contributed by atoms with Crippen molar-refractivity contribution >= 4 is 34.9 Å². The van der Waals surface area contributed by atoms with Crippen LogP contribution < -0.4 is 10.7 Å². The van der Waals surface area contributed by atoms with E-state index in [9.17, 15) is 4.79 Å². The second kappa shape index (κ2) is 8.47. The zero-order valence-corrected chi connectivity index (χ0v) is 14.4. The Morgan fingerprint density at radius 2 is 1.67 bits per heavy atom. The summed E-state index contributed by atoms with van der Waals surface area (Å²) in [6, 6.07) is 4.70. The lowest BCUT2D eigenvalue weighted by Gasteiger charge is -2.26. The summed E-state index contributed by atoms with van der Waals surface area (Å²) in [5.74, 6) is 0.933. The van der Waals surface area contributed by atoms with Gasteiger partial charge >= 0.3 is 6.03 Å². The van der Waals surface area contributed by atoms with Gasteiger partial charge in [-0.15, -0.1) is 0 Å². The Balaban J connectivity index is 2.61. The fourth-order valence-electron chi connectivity index (χ4n) is 1.92. The van der Waals surface area contributed by atoms with Gasteiger partial charge in [0.1, 0.15) is 0 Å². The van der Waals surface area contributed by atoms with E-state index < -0.39 is 0 Å². The molecule has 0 aromatic heterocycles. The van der Waals surface area contributed by atoms with Crippen molar-refractivity contribution in [3.63, 3.8) is 0 Å². The summed E-state index contributed by atoms with van der Waals surface area (Å²) in [6.45, 7) is 10.1. The molecule has 118 valence electrons. The van der Waals surface area contributed by atoms with Crippen molar-refractivity contribution in [3.8, 4) is 0 Å². The van der Waals surface area contributed by atoms with E-state index in [0.29, 0.717) is 27.6 Å². The predicted octanol–water partition coefficient (Wildman–Crippen LogP) is 4.64. The van der Waals surface area contributed by atoms with Gasteiger partial charge in [0.05, 0.1) is 10.0 Å². The van der Waals surface area contributed by atoms with E-state index in [1.165, 1.54) is 0 Å². The number of hydrogen-bond donors (Lipinski definition) is 2. The maximum absolute atomic E-state index is 12.0. The molecule has 1 rings (SSSR count). The van der Waals surface area contributed by atoms with Gasteiger partial charge < -0.3 is 5.32 Å². The first-order valence-corrected chi connectivity index (χ1v) is 7.81. The minimum atomic E-state index is -0.283. The highest BCUT2D eigenvalue weighted by Crippen LogP contribution is 2.24. The lowest BCUT2D eigenvalue weighted by Crippen LogP contribution is -2.47. The molecule has 2 amide bonds. The molecule has 0 saturated heterocycles. The number of anilines is 1. The Labute approximate surface area is 136 Å². The molecule has 0 aliphatic rings. The summed E-state index contributed by atoms with van der Waals surface area (Å²) < 4.78 is 0. The van der Waals surface area contributed by atoms with Crippen LogP contribution in [0, 0.1) is 11.8 Å². The quantitative estimate of drug-likeness (QED) is 0.745. The van der Waals surface area contributed by atoms with Gasteiger partial charge in [0, 0.05) is 18.8 Å². The van der Waals surface area contributed by atoms with Crippen LogP contribution in [0.4, 0.5) is 10.5 Å². The zero-order valence-electron chi connectivity index (χ0n) is 12.9. The minimum absolute atomic E-state index is 0.283. The van der Waals surface area contributed by atoms with Gasteiger partial charge in [-0.3, -0.25) is 5.43 Å². The Bertz CT molecular complexity index is 468. The van der Waals surface area contributed by atoms with Gasteiger partial charge in [0.2, 0.25) is 0 Å². The Hall–Kier alpha value is -0.970. The molecule has 1 aromatic carbocycles. The molecule has 0 heterocycles. The van der Waals surface area contributed by atoms with E-state index in [0.717, 1.165) is 13.1 Å². The molecule has 0 unspecified atom stereocenters. The first-order chi connectivity index (χ1) is 9.77. The van der Waals surface area contributed by atoms with Crippen molar-refractivity contribution in [1.82, 2.24) is 10.4 Å². The second-order valence-electron chi connectivity index (χ2n) is 5.89. The average Bonchev–Trinajstić information content (AvgIpc) is 2.31. The van der Waals surface area contributed by atoms with Gasteiger partial charge in [-0.25, -0.2) is 9.80 Å². The van der Waals surface area contributed by atoms with Crippen LogP contribution in [-0.4, -0.2) is 24.1 Å². The highest BCUT2D eigenvalue weighted by molar-refractivity contribution is 6.42. The molecular weight excluding hydrogens is 309 g/mol. The number of rotatable bonds is 6. The normalized spacial score (nSPS) is 11.3. The van der Waals surface area contributed by atoms with Crippen molar-refractivity contribution in [3.05, 3.63) is 28.2 Å². The molecule has 1 aromatic rings. The lowest BCUT2D eigenvalue weighted by molar-refractivity contribution is 0.156. The summed E-state index contributed by atoms with van der Waals surface area (Å²) in [6.07, 6.45) is 0. The third kappa shape index (κ3) is 7.02. The molecule has 0 aliphatic carbocycles. The van der Waals surface area contributed by atoms with Crippen molar-refractivity contribution < 1.29 is 4.79 Å². The smallest absolute Gasteiger partial charge is 0.307 e. The summed E-state index contributed by atoms with van der Waals surface area (Å²) in [5.41, 5.74) is 3.48. The first kappa shape index (κ1) is 18.1. The van der Waals surface area contributed by atoms with Crippen molar-refractivity contribution in [2.24, 2.45) is 11.8 Å². The van der Waals surface area contributed by atoms with E-state index in [4.69, 9.17) is 23.2 Å². The van der Waals surface area contributed by atoms with Crippen molar-refractivity contribution in [2.45, 2.75) is 27.7 Å². The minimum Gasteiger partial charge on any atom is -0.307 e. The molecule has 4 nitrogen and oxygen atoms in total. The summed E-state index contributed by atoms with van der Waals surface area (Å²) in [5, 5.41) is 5.56. The molecule has 21 heavy (non-hydrogen) atoms. The molecular formula is C15H23Cl2N3O. The van der Waals surface area contributed by atoms with Crippen LogP contribution in [0.1, 0.15) is 27.7 Å². The molecule has 6 heteroatoms. The maximum Gasteiger partial charge on any atom is 0.333 e. The lowest BCUT2D eigenvalue weighted by atomic mass is 10.2. The van der Waals surface area contributed by atoms with Crippen LogP contribution in [0.25, 0.3) is 0 Å². The number of carbonyl (C=O) groups excluding carboxylic acids is 1. The third-order valence-corrected chi connectivity index (χ3v) is 3.35. The number of nitrogens with one attached hydrogen (secondary N) is 2. The fourth-order valence-corrected chi connectivity index (χ4v) is 2.22. The van der Waals surface area contributed by atoms with Crippen LogP contribution in [0.15, 0.2) is 18.2 Å². The van der Waals surface area contributed by atoms with Gasteiger partial charge in [0.15, 0.2) is 0 Å². The summed E-state index contributed by atoms with van der Waals surface area (Å²) in [7, 11) is 0. The molecule has 0 saturated carbocycles. The number of hydrogen-bond acceptors (Lipinski definition) is 2. The summed E-state index contributed by atoms with van der Waals surface area (Å²) in [4.78, 5) is 12.0. The SMILES string of the molecule is CC(C)CN(CC(C)C)NC(=O)Nc1ccc(Cl)c(Cl)c1. The molecule has 0 spiro atoms. The Kier molecular flexibility index (Phi) is 7.29. The highest BCUT2D eigenvalue weighted by atomic mass is 35.5. The zero-order chi connectivity index (χ0) is 16.0. The van der Waals surface area contributed by atoms with Gasteiger partial charge in [-0.1, -0.05) is 50.9 Å².